The molecular weight excluding hydrogens is 146 g/mol. The van der Waals surface area contributed by atoms with Crippen LogP contribution in [0.2, 0.25) is 0 Å². The molecule has 0 spiro atoms. The summed E-state index contributed by atoms with van der Waals surface area (Å²) in [5.74, 6) is -0.554. The van der Waals surface area contributed by atoms with Gasteiger partial charge in [0.15, 0.2) is 12.0 Å². The molecule has 0 radical (unpaired) electrons. The van der Waals surface area contributed by atoms with Gasteiger partial charge in [0.2, 0.25) is 6.41 Å². The van der Waals surface area contributed by atoms with Gasteiger partial charge in [-0.05, 0) is 13.8 Å². The molecule has 0 aromatic heterocycles. The molecule has 0 aromatic carbocycles. The third kappa shape index (κ3) is 1.91. The SMILES string of the molecule is CN(C=O)C1COC(C)(C)O1. The number of ether oxygens (including phenoxy) is 2. The van der Waals surface area contributed by atoms with Gasteiger partial charge in [-0.25, -0.2) is 0 Å². The van der Waals surface area contributed by atoms with Crippen molar-refractivity contribution in [1.29, 1.82) is 0 Å². The first-order chi connectivity index (χ1) is 5.05. The van der Waals surface area contributed by atoms with Crippen LogP contribution in [0.1, 0.15) is 13.8 Å². The number of nitrogens with zero attached hydrogens (tertiary/aromatic N) is 1. The predicted octanol–water partition coefficient (Wildman–Crippen LogP) is 0.184. The van der Waals surface area contributed by atoms with Crippen LogP contribution < -0.4 is 0 Å². The minimum absolute atomic E-state index is 0.234. The second kappa shape index (κ2) is 2.79. The fraction of sp³-hybridized carbons (Fsp3) is 0.857. The molecule has 64 valence electrons. The van der Waals surface area contributed by atoms with E-state index in [2.05, 4.69) is 0 Å². The van der Waals surface area contributed by atoms with E-state index in [9.17, 15) is 4.79 Å². The van der Waals surface area contributed by atoms with Crippen LogP contribution in [0.5, 0.6) is 0 Å². The normalized spacial score (nSPS) is 28.5. The maximum Gasteiger partial charge on any atom is 0.211 e. The summed E-state index contributed by atoms with van der Waals surface area (Å²) in [6.07, 6.45) is 0.498. The zero-order valence-electron chi connectivity index (χ0n) is 7.03. The fourth-order valence-corrected chi connectivity index (χ4v) is 0.936. The van der Waals surface area contributed by atoms with Gasteiger partial charge in [-0.3, -0.25) is 4.79 Å². The van der Waals surface area contributed by atoms with Crippen molar-refractivity contribution in [3.8, 4) is 0 Å². The maximum atomic E-state index is 10.3. The Morgan fingerprint density at radius 2 is 2.27 bits per heavy atom. The van der Waals surface area contributed by atoms with E-state index in [-0.39, 0.29) is 6.23 Å². The van der Waals surface area contributed by atoms with Crippen molar-refractivity contribution in [2.45, 2.75) is 25.9 Å². The van der Waals surface area contributed by atoms with Crippen molar-refractivity contribution < 1.29 is 14.3 Å². The van der Waals surface area contributed by atoms with Crippen LogP contribution in [-0.4, -0.2) is 37.0 Å². The first-order valence-electron chi connectivity index (χ1n) is 3.54. The number of likely N-dealkylation sites (N-methyl/N-ethyl adjacent to an activating group) is 1. The Balaban J connectivity index is 2.47. The molecule has 0 aromatic rings. The number of hydrogen-bond donors (Lipinski definition) is 0. The van der Waals surface area contributed by atoms with Gasteiger partial charge in [-0.15, -0.1) is 0 Å². The third-order valence-electron chi connectivity index (χ3n) is 1.61. The van der Waals surface area contributed by atoms with Crippen LogP contribution in [-0.2, 0) is 14.3 Å². The summed E-state index contributed by atoms with van der Waals surface area (Å²) in [4.78, 5) is 11.7. The summed E-state index contributed by atoms with van der Waals surface area (Å²) in [6.45, 7) is 4.10. The van der Waals surface area contributed by atoms with Crippen molar-refractivity contribution in [1.82, 2.24) is 4.90 Å². The molecule has 4 nitrogen and oxygen atoms in total. The highest BCUT2D eigenvalue weighted by Crippen LogP contribution is 2.22. The van der Waals surface area contributed by atoms with Crippen LogP contribution in [0.25, 0.3) is 0 Å². The quantitative estimate of drug-likeness (QED) is 0.540. The standard InChI is InChI=1S/C7H13NO3/c1-7(2)10-4-6(11-7)8(3)5-9/h5-6H,4H2,1-3H3. The Morgan fingerprint density at radius 1 is 1.64 bits per heavy atom. The van der Waals surface area contributed by atoms with Crippen molar-refractivity contribution in [2.24, 2.45) is 0 Å². The molecule has 0 N–H and O–H groups in total. The molecule has 11 heavy (non-hydrogen) atoms. The fourth-order valence-electron chi connectivity index (χ4n) is 0.936. The van der Waals surface area contributed by atoms with Gasteiger partial charge in [0, 0.05) is 7.05 Å². The van der Waals surface area contributed by atoms with Gasteiger partial charge in [0.05, 0.1) is 6.61 Å². The average Bonchev–Trinajstić information content (AvgIpc) is 2.29. The zero-order valence-corrected chi connectivity index (χ0v) is 7.03. The van der Waals surface area contributed by atoms with Crippen molar-refractivity contribution in [3.05, 3.63) is 0 Å². The van der Waals surface area contributed by atoms with Crippen LogP contribution in [0.4, 0.5) is 0 Å². The van der Waals surface area contributed by atoms with Gasteiger partial charge in [0.1, 0.15) is 0 Å². The summed E-state index contributed by atoms with van der Waals surface area (Å²) in [5.41, 5.74) is 0. The molecule has 1 fully saturated rings. The van der Waals surface area contributed by atoms with Gasteiger partial charge in [0.25, 0.3) is 0 Å². The highest BCUT2D eigenvalue weighted by molar-refractivity contribution is 5.46. The summed E-state index contributed by atoms with van der Waals surface area (Å²) in [5, 5.41) is 0. The number of amides is 1. The summed E-state index contributed by atoms with van der Waals surface area (Å²) in [6, 6.07) is 0. The molecule has 1 unspecified atom stereocenters. The topological polar surface area (TPSA) is 38.8 Å². The minimum atomic E-state index is -0.554. The van der Waals surface area contributed by atoms with Gasteiger partial charge < -0.3 is 14.4 Å². The van der Waals surface area contributed by atoms with Gasteiger partial charge in [-0.1, -0.05) is 0 Å². The van der Waals surface area contributed by atoms with Crippen LogP contribution in [0, 0.1) is 0 Å². The summed E-state index contributed by atoms with van der Waals surface area (Å²) in [7, 11) is 1.67. The Bertz CT molecular complexity index is 158. The predicted molar refractivity (Wildman–Crippen MR) is 38.7 cm³/mol. The lowest BCUT2D eigenvalue weighted by Gasteiger charge is -2.20. The van der Waals surface area contributed by atoms with Crippen LogP contribution in [0.3, 0.4) is 0 Å². The Labute approximate surface area is 66.1 Å². The van der Waals surface area contributed by atoms with Gasteiger partial charge in [-0.2, -0.15) is 0 Å². The molecule has 1 atom stereocenters. The Hall–Kier alpha value is -0.610. The molecule has 1 rings (SSSR count). The van der Waals surface area contributed by atoms with Gasteiger partial charge >= 0.3 is 0 Å². The van der Waals surface area contributed by atoms with E-state index in [1.807, 2.05) is 13.8 Å². The molecule has 1 amide bonds. The molecule has 0 aliphatic carbocycles. The molecule has 0 bridgehead atoms. The lowest BCUT2D eigenvalue weighted by molar-refractivity contribution is -0.160. The van der Waals surface area contributed by atoms with Crippen molar-refractivity contribution in [3.63, 3.8) is 0 Å². The van der Waals surface area contributed by atoms with Crippen LogP contribution >= 0.6 is 0 Å². The largest absolute Gasteiger partial charge is 0.346 e. The highest BCUT2D eigenvalue weighted by Gasteiger charge is 2.34. The third-order valence-corrected chi connectivity index (χ3v) is 1.61. The second-order valence-corrected chi connectivity index (χ2v) is 3.05. The molecule has 1 aliphatic heterocycles. The molecule has 1 heterocycles. The summed E-state index contributed by atoms with van der Waals surface area (Å²) < 4.78 is 10.6. The lowest BCUT2D eigenvalue weighted by Crippen LogP contribution is -2.33. The van der Waals surface area contributed by atoms with E-state index < -0.39 is 5.79 Å². The average molecular weight is 159 g/mol. The monoisotopic (exact) mass is 159 g/mol. The van der Waals surface area contributed by atoms with Crippen LogP contribution in [0.15, 0.2) is 0 Å². The Morgan fingerprint density at radius 3 is 2.64 bits per heavy atom. The molecular formula is C7H13NO3. The van der Waals surface area contributed by atoms with E-state index in [0.717, 1.165) is 6.41 Å². The number of carbonyl (C=O) groups excluding carboxylic acids is 1. The minimum Gasteiger partial charge on any atom is -0.346 e. The molecule has 0 saturated carbocycles. The molecule has 1 aliphatic rings. The second-order valence-electron chi connectivity index (χ2n) is 3.05. The number of rotatable bonds is 2. The van der Waals surface area contributed by atoms with E-state index in [4.69, 9.17) is 9.47 Å². The van der Waals surface area contributed by atoms with E-state index in [1.54, 1.807) is 7.05 Å². The maximum absolute atomic E-state index is 10.3. The first-order valence-corrected chi connectivity index (χ1v) is 3.54. The smallest absolute Gasteiger partial charge is 0.211 e. The summed E-state index contributed by atoms with van der Waals surface area (Å²) >= 11 is 0. The van der Waals surface area contributed by atoms with E-state index >= 15 is 0 Å². The zero-order chi connectivity index (χ0) is 8.48. The van der Waals surface area contributed by atoms with Crippen molar-refractivity contribution >= 4 is 6.41 Å². The molecule has 4 heteroatoms. The lowest BCUT2D eigenvalue weighted by atomic mass is 10.4. The Kier molecular flexibility index (Phi) is 2.15. The van der Waals surface area contributed by atoms with E-state index in [1.165, 1.54) is 4.90 Å². The highest BCUT2D eigenvalue weighted by atomic mass is 16.8. The number of carbonyl (C=O) groups is 1. The van der Waals surface area contributed by atoms with E-state index in [0.29, 0.717) is 6.61 Å². The number of hydrogen-bond acceptors (Lipinski definition) is 3. The first kappa shape index (κ1) is 8.49. The van der Waals surface area contributed by atoms with Crippen molar-refractivity contribution in [2.75, 3.05) is 13.7 Å². The molecule has 1 saturated heterocycles.